The molecule has 3 unspecified atom stereocenters. The predicted molar refractivity (Wildman–Crippen MR) is 75.6 cm³/mol. The van der Waals surface area contributed by atoms with E-state index in [9.17, 15) is 9.59 Å². The number of carbonyl (C=O) groups is 2. The molecule has 0 saturated carbocycles. The Labute approximate surface area is 114 Å². The zero-order valence-electron chi connectivity index (χ0n) is 11.7. The van der Waals surface area contributed by atoms with Gasteiger partial charge in [0.1, 0.15) is 0 Å². The Balaban J connectivity index is 2.45. The predicted octanol–water partition coefficient (Wildman–Crippen LogP) is 1.64. The molecule has 1 rings (SSSR count). The zero-order chi connectivity index (χ0) is 13.7. The lowest BCUT2D eigenvalue weighted by Gasteiger charge is -2.21. The number of rotatable bonds is 7. The summed E-state index contributed by atoms with van der Waals surface area (Å²) in [7, 11) is 0. The molecule has 0 aromatic rings. The molecular weight excluding hydrogens is 248 g/mol. The summed E-state index contributed by atoms with van der Waals surface area (Å²) in [5, 5.41) is 3.79. The zero-order valence-corrected chi connectivity index (χ0v) is 12.5. The van der Waals surface area contributed by atoms with Crippen LogP contribution in [-0.4, -0.2) is 46.8 Å². The van der Waals surface area contributed by atoms with Gasteiger partial charge in [-0.1, -0.05) is 13.8 Å². The summed E-state index contributed by atoms with van der Waals surface area (Å²) in [6.07, 6.45) is 4.23. The molecule has 0 spiro atoms. The van der Waals surface area contributed by atoms with E-state index in [4.69, 9.17) is 0 Å². The minimum atomic E-state index is -0.305. The average molecular weight is 272 g/mol. The van der Waals surface area contributed by atoms with Crippen molar-refractivity contribution in [3.63, 3.8) is 0 Å². The molecule has 0 aliphatic carbocycles. The number of imide groups is 1. The van der Waals surface area contributed by atoms with Crippen LogP contribution in [0.1, 0.15) is 40.0 Å². The van der Waals surface area contributed by atoms with Gasteiger partial charge in [-0.3, -0.25) is 14.5 Å². The third-order valence-electron chi connectivity index (χ3n) is 3.56. The fourth-order valence-electron chi connectivity index (χ4n) is 2.03. The van der Waals surface area contributed by atoms with Crippen molar-refractivity contribution in [1.29, 1.82) is 0 Å². The fourth-order valence-corrected chi connectivity index (χ4v) is 2.39. The van der Waals surface area contributed by atoms with E-state index in [0.29, 0.717) is 11.7 Å². The number of carbonyl (C=O) groups excluding carboxylic acids is 2. The van der Waals surface area contributed by atoms with E-state index < -0.39 is 0 Å². The number of hydrogen-bond acceptors (Lipinski definition) is 4. The quantitative estimate of drug-likeness (QED) is 0.716. The second-order valence-electron chi connectivity index (χ2n) is 4.91. The Kier molecular flexibility index (Phi) is 6.15. The van der Waals surface area contributed by atoms with Crippen LogP contribution in [-0.2, 0) is 9.59 Å². The first-order valence-corrected chi connectivity index (χ1v) is 7.92. The van der Waals surface area contributed by atoms with Crippen LogP contribution in [0.5, 0.6) is 0 Å². The SMILES string of the molecule is CCC(C)N1C(=O)CC(NCCC(C)SC)C1=O. The summed E-state index contributed by atoms with van der Waals surface area (Å²) < 4.78 is 0. The third kappa shape index (κ3) is 3.72. The topological polar surface area (TPSA) is 49.4 Å². The first-order chi connectivity index (χ1) is 8.51. The molecule has 1 saturated heterocycles. The van der Waals surface area contributed by atoms with E-state index >= 15 is 0 Å². The van der Waals surface area contributed by atoms with Gasteiger partial charge in [0.2, 0.25) is 11.8 Å². The van der Waals surface area contributed by atoms with Gasteiger partial charge in [-0.05, 0) is 32.6 Å². The first-order valence-electron chi connectivity index (χ1n) is 6.63. The molecule has 0 radical (unpaired) electrons. The molecule has 18 heavy (non-hydrogen) atoms. The summed E-state index contributed by atoms with van der Waals surface area (Å²) in [5.74, 6) is -0.0871. The Morgan fingerprint density at radius 3 is 2.67 bits per heavy atom. The van der Waals surface area contributed by atoms with E-state index in [1.165, 1.54) is 4.90 Å². The Morgan fingerprint density at radius 2 is 2.11 bits per heavy atom. The van der Waals surface area contributed by atoms with Gasteiger partial charge in [-0.2, -0.15) is 11.8 Å². The van der Waals surface area contributed by atoms with Crippen molar-refractivity contribution in [2.75, 3.05) is 12.8 Å². The molecule has 1 N–H and O–H groups in total. The Morgan fingerprint density at radius 1 is 1.44 bits per heavy atom. The van der Waals surface area contributed by atoms with Crippen LogP contribution in [0.15, 0.2) is 0 Å². The normalized spacial score (nSPS) is 23.6. The summed E-state index contributed by atoms with van der Waals surface area (Å²) in [6, 6.07) is -0.289. The molecule has 1 heterocycles. The molecule has 1 aliphatic rings. The van der Waals surface area contributed by atoms with Crippen molar-refractivity contribution >= 4 is 23.6 Å². The number of thioether (sulfide) groups is 1. The molecule has 3 atom stereocenters. The molecule has 1 fully saturated rings. The summed E-state index contributed by atoms with van der Waals surface area (Å²) >= 11 is 1.82. The van der Waals surface area contributed by atoms with Crippen molar-refractivity contribution in [1.82, 2.24) is 10.2 Å². The summed E-state index contributed by atoms with van der Waals surface area (Å²) in [4.78, 5) is 25.3. The van der Waals surface area contributed by atoms with Crippen molar-refractivity contribution in [3.05, 3.63) is 0 Å². The molecule has 0 bridgehead atoms. The number of amides is 2. The third-order valence-corrected chi connectivity index (χ3v) is 4.60. The minimum Gasteiger partial charge on any atom is -0.305 e. The highest BCUT2D eigenvalue weighted by Crippen LogP contribution is 2.18. The van der Waals surface area contributed by atoms with Gasteiger partial charge in [-0.15, -0.1) is 0 Å². The maximum atomic E-state index is 12.1. The van der Waals surface area contributed by atoms with Crippen LogP contribution in [0, 0.1) is 0 Å². The number of hydrogen-bond donors (Lipinski definition) is 1. The largest absolute Gasteiger partial charge is 0.305 e. The summed E-state index contributed by atoms with van der Waals surface area (Å²) in [6.45, 7) is 6.87. The van der Waals surface area contributed by atoms with Gasteiger partial charge in [0, 0.05) is 11.3 Å². The Hall–Kier alpha value is -0.550. The van der Waals surface area contributed by atoms with Crippen LogP contribution < -0.4 is 5.32 Å². The van der Waals surface area contributed by atoms with E-state index in [1.54, 1.807) is 0 Å². The van der Waals surface area contributed by atoms with Crippen molar-refractivity contribution in [2.45, 2.75) is 57.4 Å². The average Bonchev–Trinajstić information content (AvgIpc) is 2.63. The highest BCUT2D eigenvalue weighted by molar-refractivity contribution is 7.99. The van der Waals surface area contributed by atoms with Gasteiger partial charge in [0.25, 0.3) is 0 Å². The van der Waals surface area contributed by atoms with Gasteiger partial charge >= 0.3 is 0 Å². The van der Waals surface area contributed by atoms with Gasteiger partial charge in [-0.25, -0.2) is 0 Å². The lowest BCUT2D eigenvalue weighted by molar-refractivity contribution is -0.141. The molecule has 4 nitrogen and oxygen atoms in total. The second kappa shape index (κ2) is 7.14. The number of likely N-dealkylation sites (tertiary alicyclic amines) is 1. The lowest BCUT2D eigenvalue weighted by Crippen LogP contribution is -2.43. The van der Waals surface area contributed by atoms with E-state index in [1.807, 2.05) is 25.6 Å². The molecule has 0 aromatic heterocycles. The minimum absolute atomic E-state index is 0.0157. The molecule has 1 aliphatic heterocycles. The van der Waals surface area contributed by atoms with E-state index in [0.717, 1.165) is 19.4 Å². The van der Waals surface area contributed by atoms with E-state index in [2.05, 4.69) is 18.5 Å². The highest BCUT2D eigenvalue weighted by Gasteiger charge is 2.40. The monoisotopic (exact) mass is 272 g/mol. The van der Waals surface area contributed by atoms with Crippen LogP contribution in [0.25, 0.3) is 0 Å². The molecule has 0 aromatic carbocycles. The van der Waals surface area contributed by atoms with Gasteiger partial charge in [0.05, 0.1) is 12.5 Å². The van der Waals surface area contributed by atoms with Crippen LogP contribution in [0.4, 0.5) is 0 Å². The van der Waals surface area contributed by atoms with E-state index in [-0.39, 0.29) is 23.9 Å². The Bertz CT molecular complexity index is 309. The standard InChI is InChI=1S/C13H24N2O2S/c1-5-9(2)15-12(16)8-11(13(15)17)14-7-6-10(3)18-4/h9-11,14H,5-8H2,1-4H3. The maximum Gasteiger partial charge on any atom is 0.247 e. The van der Waals surface area contributed by atoms with Crippen molar-refractivity contribution in [2.24, 2.45) is 0 Å². The van der Waals surface area contributed by atoms with Crippen molar-refractivity contribution in [3.8, 4) is 0 Å². The molecular formula is C13H24N2O2S. The molecule has 104 valence electrons. The van der Waals surface area contributed by atoms with Gasteiger partial charge < -0.3 is 5.32 Å². The maximum absolute atomic E-state index is 12.1. The highest BCUT2D eigenvalue weighted by atomic mass is 32.2. The molecule has 2 amide bonds. The first kappa shape index (κ1) is 15.5. The lowest BCUT2D eigenvalue weighted by atomic mass is 10.2. The van der Waals surface area contributed by atoms with Crippen LogP contribution in [0.3, 0.4) is 0 Å². The number of nitrogens with one attached hydrogen (secondary N) is 1. The fraction of sp³-hybridized carbons (Fsp3) is 0.846. The number of nitrogens with zero attached hydrogens (tertiary/aromatic N) is 1. The molecule has 5 heteroatoms. The van der Waals surface area contributed by atoms with Crippen LogP contribution >= 0.6 is 11.8 Å². The van der Waals surface area contributed by atoms with Gasteiger partial charge in [0.15, 0.2) is 0 Å². The van der Waals surface area contributed by atoms with Crippen LogP contribution in [0.2, 0.25) is 0 Å². The van der Waals surface area contributed by atoms with Crippen molar-refractivity contribution < 1.29 is 9.59 Å². The smallest absolute Gasteiger partial charge is 0.247 e. The summed E-state index contributed by atoms with van der Waals surface area (Å²) in [5.41, 5.74) is 0. The second-order valence-corrected chi connectivity index (χ2v) is 6.18.